The molecule has 0 heterocycles. The normalized spacial score (nSPS) is 12.1. The van der Waals surface area contributed by atoms with Gasteiger partial charge in [-0.15, -0.1) is 0 Å². The van der Waals surface area contributed by atoms with Crippen molar-refractivity contribution in [2.75, 3.05) is 7.11 Å². The van der Waals surface area contributed by atoms with Gasteiger partial charge in [0, 0.05) is 0 Å². The average molecular weight is 251 g/mol. The third-order valence-electron chi connectivity index (χ3n) is 2.99. The minimum atomic E-state index is -1.57. The lowest BCUT2D eigenvalue weighted by Gasteiger charge is -2.17. The molecule has 0 radical (unpaired) electrons. The summed E-state index contributed by atoms with van der Waals surface area (Å²) in [5, 5.41) is 8.81. The zero-order chi connectivity index (χ0) is 14.0. The number of aliphatic carboxylic acids is 1. The Labute approximate surface area is 106 Å². The Balaban J connectivity index is 3.45. The van der Waals surface area contributed by atoms with E-state index in [0.717, 1.165) is 11.1 Å². The molecule has 1 rings (SSSR count). The number of carbonyl (C=O) groups excluding carboxylic acids is 1. The van der Waals surface area contributed by atoms with E-state index in [1.807, 2.05) is 19.9 Å². The molecule has 0 saturated heterocycles. The zero-order valence-electron chi connectivity index (χ0n) is 10.9. The van der Waals surface area contributed by atoms with Crippen molar-refractivity contribution in [1.29, 1.82) is 0 Å². The number of hydrogen-bond donors (Lipinski definition) is 2. The van der Waals surface area contributed by atoms with E-state index in [-0.39, 0.29) is 5.56 Å². The van der Waals surface area contributed by atoms with Gasteiger partial charge in [-0.1, -0.05) is 6.07 Å². The Morgan fingerprint density at radius 3 is 2.28 bits per heavy atom. The van der Waals surface area contributed by atoms with Crippen LogP contribution < -0.4 is 10.5 Å². The van der Waals surface area contributed by atoms with Crippen LogP contribution in [0.5, 0.6) is 5.75 Å². The number of carbonyl (C=O) groups is 2. The van der Waals surface area contributed by atoms with Crippen LogP contribution in [0, 0.1) is 20.8 Å². The first-order chi connectivity index (χ1) is 8.31. The van der Waals surface area contributed by atoms with Crippen molar-refractivity contribution in [3.63, 3.8) is 0 Å². The predicted octanol–water partition coefficient (Wildman–Crippen LogP) is 1.22. The molecule has 0 saturated carbocycles. The zero-order valence-corrected chi connectivity index (χ0v) is 10.9. The van der Waals surface area contributed by atoms with Crippen molar-refractivity contribution in [2.45, 2.75) is 26.8 Å². The Bertz CT molecular complexity index is 508. The van der Waals surface area contributed by atoms with Gasteiger partial charge < -0.3 is 15.6 Å². The predicted molar refractivity (Wildman–Crippen MR) is 67.1 cm³/mol. The lowest BCUT2D eigenvalue weighted by atomic mass is 9.93. The number of rotatable bonds is 4. The number of ether oxygens (including phenoxy) is 1. The van der Waals surface area contributed by atoms with Gasteiger partial charge in [0.25, 0.3) is 0 Å². The molecule has 0 bridgehead atoms. The van der Waals surface area contributed by atoms with Gasteiger partial charge in [0.1, 0.15) is 5.75 Å². The molecule has 18 heavy (non-hydrogen) atoms. The Morgan fingerprint density at radius 1 is 1.28 bits per heavy atom. The summed E-state index contributed by atoms with van der Waals surface area (Å²) < 4.78 is 5.22. The van der Waals surface area contributed by atoms with Crippen LogP contribution in [0.1, 0.15) is 27.0 Å². The first-order valence-corrected chi connectivity index (χ1v) is 5.48. The summed E-state index contributed by atoms with van der Waals surface area (Å²) in [4.78, 5) is 22.9. The van der Waals surface area contributed by atoms with Gasteiger partial charge in [-0.2, -0.15) is 0 Å². The lowest BCUT2D eigenvalue weighted by Crippen LogP contribution is -2.39. The third kappa shape index (κ3) is 2.36. The van der Waals surface area contributed by atoms with Gasteiger partial charge in [-0.25, -0.2) is 0 Å². The number of Topliss-reactive ketones (excluding diaryl/α,β-unsaturated/α-hetero) is 1. The van der Waals surface area contributed by atoms with Gasteiger partial charge >= 0.3 is 5.97 Å². The highest BCUT2D eigenvalue weighted by Gasteiger charge is 2.28. The molecule has 0 fully saturated rings. The largest absolute Gasteiger partial charge is 0.496 e. The maximum absolute atomic E-state index is 12.1. The van der Waals surface area contributed by atoms with E-state index in [9.17, 15) is 9.59 Å². The number of methoxy groups -OCH3 is 1. The molecular weight excluding hydrogens is 234 g/mol. The first-order valence-electron chi connectivity index (χ1n) is 5.48. The van der Waals surface area contributed by atoms with Crippen molar-refractivity contribution >= 4 is 11.8 Å². The second kappa shape index (κ2) is 5.18. The first kappa shape index (κ1) is 14.2. The lowest BCUT2D eigenvalue weighted by molar-refractivity contribution is -0.137. The Morgan fingerprint density at radius 2 is 1.83 bits per heavy atom. The van der Waals surface area contributed by atoms with Gasteiger partial charge in [0.2, 0.25) is 0 Å². The van der Waals surface area contributed by atoms with Crippen LogP contribution in [0.4, 0.5) is 0 Å². The second-order valence-corrected chi connectivity index (χ2v) is 4.22. The molecule has 98 valence electrons. The summed E-state index contributed by atoms with van der Waals surface area (Å²) in [5.74, 6) is -1.59. The van der Waals surface area contributed by atoms with Crippen molar-refractivity contribution in [3.8, 4) is 5.75 Å². The summed E-state index contributed by atoms with van der Waals surface area (Å²) in [6.07, 6.45) is 0. The summed E-state index contributed by atoms with van der Waals surface area (Å²) in [6.45, 7) is 5.45. The molecule has 1 aromatic carbocycles. The van der Waals surface area contributed by atoms with E-state index < -0.39 is 17.8 Å². The maximum atomic E-state index is 12.1. The van der Waals surface area contributed by atoms with Crippen LogP contribution in [-0.2, 0) is 4.79 Å². The SMILES string of the molecule is COc1c(C)c(C)cc(C)c1C(=O)C(N)C(=O)O. The molecule has 3 N–H and O–H groups in total. The van der Waals surface area contributed by atoms with Crippen molar-refractivity contribution in [3.05, 3.63) is 28.3 Å². The Hall–Kier alpha value is -1.88. The van der Waals surface area contributed by atoms with Crippen molar-refractivity contribution in [1.82, 2.24) is 0 Å². The van der Waals surface area contributed by atoms with E-state index >= 15 is 0 Å². The highest BCUT2D eigenvalue weighted by atomic mass is 16.5. The number of nitrogens with two attached hydrogens (primary N) is 1. The molecule has 0 aliphatic heterocycles. The van der Waals surface area contributed by atoms with Gasteiger partial charge in [0.15, 0.2) is 11.8 Å². The highest BCUT2D eigenvalue weighted by molar-refractivity contribution is 6.13. The molecule has 5 heteroatoms. The van der Waals surface area contributed by atoms with E-state index in [4.69, 9.17) is 15.6 Å². The summed E-state index contributed by atoms with van der Waals surface area (Å²) in [6, 6.07) is 0.249. The third-order valence-corrected chi connectivity index (χ3v) is 2.99. The minimum Gasteiger partial charge on any atom is -0.496 e. The second-order valence-electron chi connectivity index (χ2n) is 4.22. The quantitative estimate of drug-likeness (QED) is 0.620. The molecule has 1 atom stereocenters. The summed E-state index contributed by atoms with van der Waals surface area (Å²) in [5.41, 5.74) is 8.06. The van der Waals surface area contributed by atoms with Crippen LogP contribution in [0.25, 0.3) is 0 Å². The van der Waals surface area contributed by atoms with Crippen LogP contribution in [-0.4, -0.2) is 30.0 Å². The number of aryl methyl sites for hydroxylation is 2. The average Bonchev–Trinajstić information content (AvgIpc) is 2.31. The number of hydrogen-bond acceptors (Lipinski definition) is 4. The van der Waals surface area contributed by atoms with E-state index in [0.29, 0.717) is 11.3 Å². The van der Waals surface area contributed by atoms with E-state index in [1.165, 1.54) is 7.11 Å². The molecule has 0 spiro atoms. The van der Waals surface area contributed by atoms with Gasteiger partial charge in [0.05, 0.1) is 12.7 Å². The molecule has 1 unspecified atom stereocenters. The van der Waals surface area contributed by atoms with Crippen molar-refractivity contribution in [2.24, 2.45) is 5.73 Å². The van der Waals surface area contributed by atoms with Crippen LogP contribution in [0.2, 0.25) is 0 Å². The number of benzene rings is 1. The number of carboxylic acid groups (broad SMARTS) is 1. The Kier molecular flexibility index (Phi) is 4.08. The molecule has 5 nitrogen and oxygen atoms in total. The van der Waals surface area contributed by atoms with Gasteiger partial charge in [-0.05, 0) is 37.5 Å². The standard InChI is InChI=1S/C13H17NO4/c1-6-5-7(2)9(12(18-4)8(6)3)11(15)10(14)13(16)17/h5,10H,14H2,1-4H3,(H,16,17). The fraction of sp³-hybridized carbons (Fsp3) is 0.385. The topological polar surface area (TPSA) is 89.6 Å². The summed E-state index contributed by atoms with van der Waals surface area (Å²) >= 11 is 0. The van der Waals surface area contributed by atoms with Crippen LogP contribution >= 0.6 is 0 Å². The van der Waals surface area contributed by atoms with Crippen LogP contribution in [0.3, 0.4) is 0 Å². The van der Waals surface area contributed by atoms with Crippen LogP contribution in [0.15, 0.2) is 6.07 Å². The number of ketones is 1. The van der Waals surface area contributed by atoms with E-state index in [2.05, 4.69) is 0 Å². The molecule has 0 aromatic heterocycles. The molecule has 0 aliphatic carbocycles. The van der Waals surface area contributed by atoms with Gasteiger partial charge in [-0.3, -0.25) is 9.59 Å². The fourth-order valence-corrected chi connectivity index (χ4v) is 1.88. The molecule has 0 aliphatic rings. The minimum absolute atomic E-state index is 0.246. The fourth-order valence-electron chi connectivity index (χ4n) is 1.88. The molecular formula is C13H17NO4. The molecule has 0 amide bonds. The maximum Gasteiger partial charge on any atom is 0.328 e. The monoisotopic (exact) mass is 251 g/mol. The van der Waals surface area contributed by atoms with E-state index in [1.54, 1.807) is 6.92 Å². The van der Waals surface area contributed by atoms with Crippen molar-refractivity contribution < 1.29 is 19.4 Å². The number of carboxylic acids is 1. The highest BCUT2D eigenvalue weighted by Crippen LogP contribution is 2.30. The summed E-state index contributed by atoms with van der Waals surface area (Å²) in [7, 11) is 1.45. The molecule has 1 aromatic rings. The smallest absolute Gasteiger partial charge is 0.328 e.